The molecule has 1 aromatic carbocycles. The zero-order chi connectivity index (χ0) is 16.8. The molecule has 0 saturated carbocycles. The fourth-order valence-electron chi connectivity index (χ4n) is 2.24. The van der Waals surface area contributed by atoms with Gasteiger partial charge in [0.25, 0.3) is 0 Å². The number of nitrogens with zero attached hydrogens (tertiary/aromatic N) is 3. The molecule has 0 aliphatic rings. The number of halogens is 2. The van der Waals surface area contributed by atoms with Gasteiger partial charge >= 0.3 is 0 Å². The Labute approximate surface area is 144 Å². The molecule has 2 heterocycles. The predicted octanol–water partition coefficient (Wildman–Crippen LogP) is 4.56. The van der Waals surface area contributed by atoms with Crippen molar-refractivity contribution >= 4 is 46.8 Å². The summed E-state index contributed by atoms with van der Waals surface area (Å²) in [5.74, 6) is 0. The average Bonchev–Trinajstić information content (AvgIpc) is 2.52. The van der Waals surface area contributed by atoms with Crippen LogP contribution in [-0.4, -0.2) is 28.3 Å². The Morgan fingerprint density at radius 1 is 1.00 bits per heavy atom. The van der Waals surface area contributed by atoms with Gasteiger partial charge < -0.3 is 4.57 Å². The molecule has 7 heteroatoms. The standard InChI is InChI=1S/C16H14Cl2N3OP/c1-9-14(17)15(18)12-6-10(4-5-13(12)21-9)11-7-19-16(20-8-11)23(2,3)22/h4-8H,1-3H3. The number of aryl methyl sites for hydroxylation is 1. The predicted molar refractivity (Wildman–Crippen MR) is 96.6 cm³/mol. The van der Waals surface area contributed by atoms with Crippen LogP contribution < -0.4 is 5.57 Å². The van der Waals surface area contributed by atoms with E-state index in [2.05, 4.69) is 15.0 Å². The summed E-state index contributed by atoms with van der Waals surface area (Å²) in [7, 11) is -2.46. The molecule has 0 unspecified atom stereocenters. The first-order valence-electron chi connectivity index (χ1n) is 6.90. The first kappa shape index (κ1) is 16.4. The summed E-state index contributed by atoms with van der Waals surface area (Å²) in [5, 5.41) is 1.72. The number of hydrogen-bond acceptors (Lipinski definition) is 4. The fourth-order valence-corrected chi connectivity index (χ4v) is 3.35. The van der Waals surface area contributed by atoms with E-state index in [0.29, 0.717) is 21.3 Å². The third kappa shape index (κ3) is 3.12. The molecule has 0 fully saturated rings. The number of aromatic nitrogens is 3. The maximum atomic E-state index is 12.0. The molecule has 0 saturated heterocycles. The van der Waals surface area contributed by atoms with E-state index in [-0.39, 0.29) is 0 Å². The Morgan fingerprint density at radius 3 is 2.26 bits per heavy atom. The second kappa shape index (κ2) is 5.86. The van der Waals surface area contributed by atoms with Gasteiger partial charge in [-0.05, 0) is 37.9 Å². The van der Waals surface area contributed by atoms with Gasteiger partial charge in [0.2, 0.25) is 0 Å². The number of rotatable bonds is 2. The number of hydrogen-bond donors (Lipinski definition) is 0. The lowest BCUT2D eigenvalue weighted by atomic mass is 10.1. The van der Waals surface area contributed by atoms with Gasteiger partial charge in [-0.15, -0.1) is 0 Å². The average molecular weight is 366 g/mol. The Kier molecular flexibility index (Phi) is 4.18. The molecule has 0 N–H and O–H groups in total. The Bertz CT molecular complexity index is 952. The van der Waals surface area contributed by atoms with Crippen molar-refractivity contribution in [3.05, 3.63) is 46.3 Å². The minimum absolute atomic E-state index is 0.375. The zero-order valence-corrected chi connectivity index (χ0v) is 15.2. The van der Waals surface area contributed by atoms with Crippen molar-refractivity contribution in [1.29, 1.82) is 0 Å². The van der Waals surface area contributed by atoms with E-state index in [1.807, 2.05) is 25.1 Å². The first-order valence-corrected chi connectivity index (χ1v) is 10.3. The molecule has 0 bridgehead atoms. The lowest BCUT2D eigenvalue weighted by Gasteiger charge is -2.09. The third-order valence-corrected chi connectivity index (χ3v) is 5.63. The first-order chi connectivity index (χ1) is 10.8. The van der Waals surface area contributed by atoms with E-state index < -0.39 is 7.14 Å². The van der Waals surface area contributed by atoms with E-state index in [9.17, 15) is 4.57 Å². The summed E-state index contributed by atoms with van der Waals surface area (Å²) in [5.41, 5.74) is 3.57. The Balaban J connectivity index is 2.12. The lowest BCUT2D eigenvalue weighted by molar-refractivity contribution is 0.587. The topological polar surface area (TPSA) is 55.7 Å². The van der Waals surface area contributed by atoms with Crippen molar-refractivity contribution in [2.75, 3.05) is 13.3 Å². The second-order valence-corrected chi connectivity index (χ2v) is 9.54. The van der Waals surface area contributed by atoms with Crippen LogP contribution in [-0.2, 0) is 4.57 Å². The number of pyridine rings is 1. The molecule has 23 heavy (non-hydrogen) atoms. The molecular formula is C16H14Cl2N3OP. The maximum absolute atomic E-state index is 12.0. The van der Waals surface area contributed by atoms with Gasteiger partial charge in [0.15, 0.2) is 5.57 Å². The second-order valence-electron chi connectivity index (χ2n) is 5.68. The van der Waals surface area contributed by atoms with Gasteiger partial charge in [-0.25, -0.2) is 9.97 Å². The third-order valence-electron chi connectivity index (χ3n) is 3.48. The SMILES string of the molecule is Cc1nc2ccc(-c3cnc(P(C)(C)=O)nc3)cc2c(Cl)c1Cl. The monoisotopic (exact) mass is 365 g/mol. The lowest BCUT2D eigenvalue weighted by Crippen LogP contribution is -2.12. The maximum Gasteiger partial charge on any atom is 0.188 e. The van der Waals surface area contributed by atoms with Crippen molar-refractivity contribution in [2.24, 2.45) is 0 Å². The summed E-state index contributed by atoms with van der Waals surface area (Å²) in [6.45, 7) is 5.11. The molecule has 0 amide bonds. The van der Waals surface area contributed by atoms with Crippen LogP contribution in [0.2, 0.25) is 10.0 Å². The highest BCUT2D eigenvalue weighted by atomic mass is 35.5. The molecular weight excluding hydrogens is 352 g/mol. The van der Waals surface area contributed by atoms with Crippen LogP contribution in [0.15, 0.2) is 30.6 Å². The zero-order valence-electron chi connectivity index (χ0n) is 12.8. The molecule has 0 aliphatic carbocycles. The quantitative estimate of drug-likeness (QED) is 0.624. The van der Waals surface area contributed by atoms with Crippen LogP contribution in [0.5, 0.6) is 0 Å². The number of fused-ring (bicyclic) bond motifs is 1. The van der Waals surface area contributed by atoms with Gasteiger partial charge in [0, 0.05) is 23.3 Å². The molecule has 0 aliphatic heterocycles. The highest BCUT2D eigenvalue weighted by Gasteiger charge is 2.15. The van der Waals surface area contributed by atoms with E-state index in [1.54, 1.807) is 25.7 Å². The van der Waals surface area contributed by atoms with Crippen LogP contribution in [0.4, 0.5) is 0 Å². The highest BCUT2D eigenvalue weighted by Crippen LogP contribution is 2.35. The highest BCUT2D eigenvalue weighted by molar-refractivity contribution is 7.69. The minimum atomic E-state index is -2.46. The van der Waals surface area contributed by atoms with Gasteiger partial charge in [-0.1, -0.05) is 29.3 Å². The van der Waals surface area contributed by atoms with Gasteiger partial charge in [-0.2, -0.15) is 0 Å². The molecule has 118 valence electrons. The Morgan fingerprint density at radius 2 is 1.65 bits per heavy atom. The van der Waals surface area contributed by atoms with Crippen LogP contribution in [0.25, 0.3) is 22.0 Å². The van der Waals surface area contributed by atoms with Crippen molar-refractivity contribution in [1.82, 2.24) is 15.0 Å². The molecule has 0 atom stereocenters. The van der Waals surface area contributed by atoms with Crippen molar-refractivity contribution < 1.29 is 4.57 Å². The number of benzene rings is 1. The molecule has 3 rings (SSSR count). The molecule has 0 radical (unpaired) electrons. The van der Waals surface area contributed by atoms with Crippen LogP contribution in [0.3, 0.4) is 0 Å². The van der Waals surface area contributed by atoms with Crippen LogP contribution >= 0.6 is 30.3 Å². The smallest absolute Gasteiger partial charge is 0.188 e. The molecule has 2 aromatic heterocycles. The van der Waals surface area contributed by atoms with E-state index in [1.165, 1.54) is 0 Å². The van der Waals surface area contributed by atoms with Crippen molar-refractivity contribution in [3.63, 3.8) is 0 Å². The van der Waals surface area contributed by atoms with Gasteiger partial charge in [0.05, 0.1) is 21.3 Å². The van der Waals surface area contributed by atoms with E-state index in [0.717, 1.165) is 22.0 Å². The molecule has 4 nitrogen and oxygen atoms in total. The van der Waals surface area contributed by atoms with Gasteiger partial charge in [0.1, 0.15) is 7.14 Å². The van der Waals surface area contributed by atoms with Crippen LogP contribution in [0.1, 0.15) is 5.69 Å². The summed E-state index contributed by atoms with van der Waals surface area (Å²) >= 11 is 12.5. The van der Waals surface area contributed by atoms with Crippen molar-refractivity contribution in [2.45, 2.75) is 6.92 Å². The molecule has 0 spiro atoms. The van der Waals surface area contributed by atoms with Crippen LogP contribution in [0, 0.1) is 6.92 Å². The van der Waals surface area contributed by atoms with E-state index in [4.69, 9.17) is 23.2 Å². The van der Waals surface area contributed by atoms with E-state index >= 15 is 0 Å². The largest absolute Gasteiger partial charge is 0.316 e. The fraction of sp³-hybridized carbons (Fsp3) is 0.188. The minimum Gasteiger partial charge on any atom is -0.316 e. The summed E-state index contributed by atoms with van der Waals surface area (Å²) in [6.07, 6.45) is 3.33. The van der Waals surface area contributed by atoms with Crippen molar-refractivity contribution in [3.8, 4) is 11.1 Å². The summed E-state index contributed by atoms with van der Waals surface area (Å²) in [4.78, 5) is 12.9. The summed E-state index contributed by atoms with van der Waals surface area (Å²) in [6, 6.07) is 5.72. The summed E-state index contributed by atoms with van der Waals surface area (Å²) < 4.78 is 12.0. The normalized spacial score (nSPS) is 11.9. The van der Waals surface area contributed by atoms with Gasteiger partial charge in [-0.3, -0.25) is 4.98 Å². The Hall–Kier alpha value is -1.48. The molecule has 3 aromatic rings.